The molecule has 2 heteroatoms. The molecule has 3 fully saturated rings. The number of nitrogens with two attached hydrogens (primary N) is 1. The van der Waals surface area contributed by atoms with Gasteiger partial charge in [0.05, 0.1) is 5.60 Å². The molecule has 0 saturated heterocycles. The van der Waals surface area contributed by atoms with Crippen molar-refractivity contribution in [3.63, 3.8) is 0 Å². The van der Waals surface area contributed by atoms with Gasteiger partial charge in [-0.15, -0.1) is 0 Å². The first kappa shape index (κ1) is 7.56. The maximum atomic E-state index is 10.00. The van der Waals surface area contributed by atoms with Crippen LogP contribution in [-0.4, -0.2) is 16.2 Å². The van der Waals surface area contributed by atoms with Crippen LogP contribution < -0.4 is 5.73 Å². The third-order valence-corrected chi connectivity index (χ3v) is 3.76. The van der Waals surface area contributed by atoms with Crippen LogP contribution in [0.4, 0.5) is 0 Å². The minimum absolute atomic E-state index is 0.262. The highest BCUT2D eigenvalue weighted by Crippen LogP contribution is 2.48. The Morgan fingerprint density at radius 2 is 1.91 bits per heavy atom. The molecule has 1 unspecified atom stereocenters. The van der Waals surface area contributed by atoms with E-state index in [9.17, 15) is 5.11 Å². The van der Waals surface area contributed by atoms with Gasteiger partial charge in [-0.05, 0) is 44.9 Å². The second-order valence-corrected chi connectivity index (χ2v) is 4.58. The first-order valence-corrected chi connectivity index (χ1v) is 4.55. The summed E-state index contributed by atoms with van der Waals surface area (Å²) in [6, 6.07) is 0. The highest BCUT2D eigenvalue weighted by molar-refractivity contribution is 5.09. The molecule has 0 amide bonds. The molecule has 3 aliphatic rings. The predicted molar refractivity (Wildman–Crippen MR) is 44.1 cm³/mol. The highest BCUT2D eigenvalue weighted by atomic mass is 16.3. The normalized spacial score (nSPS) is 56.5. The topological polar surface area (TPSA) is 46.2 Å². The largest absolute Gasteiger partial charge is 0.388 e. The van der Waals surface area contributed by atoms with Crippen LogP contribution in [0.5, 0.6) is 0 Å². The molecule has 11 heavy (non-hydrogen) atoms. The molecule has 3 saturated carbocycles. The minimum Gasteiger partial charge on any atom is -0.388 e. The fraction of sp³-hybridized carbons (Fsp3) is 1.00. The van der Waals surface area contributed by atoms with Crippen LogP contribution >= 0.6 is 0 Å². The fourth-order valence-corrected chi connectivity index (χ4v) is 2.70. The minimum atomic E-state index is -0.589. The van der Waals surface area contributed by atoms with Gasteiger partial charge < -0.3 is 10.8 Å². The lowest BCUT2D eigenvalue weighted by Gasteiger charge is -2.54. The van der Waals surface area contributed by atoms with Gasteiger partial charge in [-0.2, -0.15) is 0 Å². The summed E-state index contributed by atoms with van der Waals surface area (Å²) in [5, 5.41) is 10.00. The quantitative estimate of drug-likeness (QED) is 0.549. The Kier molecular flexibility index (Phi) is 1.37. The zero-order valence-corrected chi connectivity index (χ0v) is 7.14. The molecule has 64 valence electrons. The molecule has 2 bridgehead atoms. The maximum Gasteiger partial charge on any atom is 0.0801 e. The van der Waals surface area contributed by atoms with Crippen LogP contribution in [0.15, 0.2) is 0 Å². The first-order chi connectivity index (χ1) is 5.04. The lowest BCUT2D eigenvalue weighted by molar-refractivity contribution is -0.100. The van der Waals surface area contributed by atoms with Gasteiger partial charge >= 0.3 is 0 Å². The number of hydrogen-bond donors (Lipinski definition) is 2. The molecule has 0 aromatic carbocycles. The lowest BCUT2D eigenvalue weighted by atomic mass is 9.58. The van der Waals surface area contributed by atoms with E-state index in [-0.39, 0.29) is 5.54 Å². The van der Waals surface area contributed by atoms with E-state index in [0.29, 0.717) is 0 Å². The molecule has 3 aliphatic carbocycles. The van der Waals surface area contributed by atoms with Crippen molar-refractivity contribution in [3.8, 4) is 0 Å². The van der Waals surface area contributed by atoms with E-state index in [0.717, 1.165) is 25.2 Å². The molecule has 0 aromatic heterocycles. The Morgan fingerprint density at radius 3 is 2.18 bits per heavy atom. The third-order valence-electron chi connectivity index (χ3n) is 3.76. The van der Waals surface area contributed by atoms with Crippen molar-refractivity contribution < 1.29 is 5.11 Å². The molecule has 0 radical (unpaired) electrons. The van der Waals surface area contributed by atoms with E-state index in [1.165, 1.54) is 12.8 Å². The van der Waals surface area contributed by atoms with E-state index < -0.39 is 5.60 Å². The van der Waals surface area contributed by atoms with Gasteiger partial charge in [0.15, 0.2) is 0 Å². The summed E-state index contributed by atoms with van der Waals surface area (Å²) in [5.74, 6) is 0.746. The van der Waals surface area contributed by atoms with E-state index in [4.69, 9.17) is 5.73 Å². The molecule has 3 N–H and O–H groups in total. The van der Waals surface area contributed by atoms with E-state index in [2.05, 4.69) is 0 Å². The number of fused-ring (bicyclic) bond motifs is 3. The molecule has 0 spiro atoms. The number of rotatable bonds is 0. The second-order valence-electron chi connectivity index (χ2n) is 4.58. The Hall–Kier alpha value is -0.0800. The van der Waals surface area contributed by atoms with E-state index in [1.807, 2.05) is 6.92 Å². The molecule has 0 aromatic rings. The summed E-state index contributed by atoms with van der Waals surface area (Å²) in [6.45, 7) is 1.90. The Labute approximate surface area is 67.8 Å². The average Bonchev–Trinajstić information content (AvgIpc) is 1.91. The van der Waals surface area contributed by atoms with Gasteiger partial charge in [0.1, 0.15) is 0 Å². The standard InChI is InChI=1S/C9H17NO/c1-8(11)6-7-2-4-9(8,10)5-3-7/h7,11H,2-6,10H2,1H3. The van der Waals surface area contributed by atoms with Gasteiger partial charge in [-0.3, -0.25) is 0 Å². The van der Waals surface area contributed by atoms with Crippen molar-refractivity contribution in [2.45, 2.75) is 50.2 Å². The average molecular weight is 155 g/mol. The molecular formula is C9H17NO. The van der Waals surface area contributed by atoms with Crippen molar-refractivity contribution in [2.24, 2.45) is 11.7 Å². The van der Waals surface area contributed by atoms with Crippen molar-refractivity contribution in [3.05, 3.63) is 0 Å². The SMILES string of the molecule is CC1(O)CC2CCC1(N)CC2. The molecular weight excluding hydrogens is 138 g/mol. The number of aliphatic hydroxyl groups is 1. The van der Waals surface area contributed by atoms with Crippen molar-refractivity contribution in [2.75, 3.05) is 0 Å². The summed E-state index contributed by atoms with van der Waals surface area (Å²) >= 11 is 0. The van der Waals surface area contributed by atoms with Gasteiger partial charge in [0.2, 0.25) is 0 Å². The van der Waals surface area contributed by atoms with Crippen molar-refractivity contribution >= 4 is 0 Å². The first-order valence-electron chi connectivity index (χ1n) is 4.55. The monoisotopic (exact) mass is 155 g/mol. The van der Waals surface area contributed by atoms with Crippen LogP contribution in [-0.2, 0) is 0 Å². The van der Waals surface area contributed by atoms with Gasteiger partial charge in [0.25, 0.3) is 0 Å². The summed E-state index contributed by atoms with van der Waals surface area (Å²) in [6.07, 6.45) is 5.41. The molecule has 2 nitrogen and oxygen atoms in total. The Bertz CT molecular complexity index is 168. The van der Waals surface area contributed by atoms with Crippen LogP contribution in [0, 0.1) is 5.92 Å². The number of hydrogen-bond acceptors (Lipinski definition) is 2. The van der Waals surface area contributed by atoms with Gasteiger partial charge in [-0.25, -0.2) is 0 Å². The molecule has 1 atom stereocenters. The maximum absolute atomic E-state index is 10.00. The third kappa shape index (κ3) is 0.926. The Balaban J connectivity index is 2.27. The fourth-order valence-electron chi connectivity index (χ4n) is 2.70. The van der Waals surface area contributed by atoms with Crippen LogP contribution in [0.25, 0.3) is 0 Å². The summed E-state index contributed by atoms with van der Waals surface area (Å²) in [7, 11) is 0. The Morgan fingerprint density at radius 1 is 1.36 bits per heavy atom. The van der Waals surface area contributed by atoms with E-state index in [1.54, 1.807) is 0 Å². The molecule has 3 rings (SSSR count). The summed E-state index contributed by atoms with van der Waals surface area (Å²) < 4.78 is 0. The van der Waals surface area contributed by atoms with Gasteiger partial charge in [0, 0.05) is 5.54 Å². The van der Waals surface area contributed by atoms with E-state index >= 15 is 0 Å². The van der Waals surface area contributed by atoms with Crippen LogP contribution in [0.2, 0.25) is 0 Å². The molecule has 0 heterocycles. The molecule has 0 aliphatic heterocycles. The predicted octanol–water partition coefficient (Wildman–Crippen LogP) is 1.03. The van der Waals surface area contributed by atoms with Crippen molar-refractivity contribution in [1.29, 1.82) is 0 Å². The zero-order valence-electron chi connectivity index (χ0n) is 7.14. The smallest absolute Gasteiger partial charge is 0.0801 e. The van der Waals surface area contributed by atoms with Crippen LogP contribution in [0.1, 0.15) is 39.0 Å². The van der Waals surface area contributed by atoms with Crippen molar-refractivity contribution in [1.82, 2.24) is 0 Å². The van der Waals surface area contributed by atoms with Crippen LogP contribution in [0.3, 0.4) is 0 Å². The summed E-state index contributed by atoms with van der Waals surface area (Å²) in [4.78, 5) is 0. The zero-order chi connectivity index (χ0) is 8.11. The second kappa shape index (κ2) is 1.99. The highest BCUT2D eigenvalue weighted by Gasteiger charge is 2.51. The summed E-state index contributed by atoms with van der Waals surface area (Å²) in [5.41, 5.74) is 5.27. The van der Waals surface area contributed by atoms with Gasteiger partial charge in [-0.1, -0.05) is 0 Å². The lowest BCUT2D eigenvalue weighted by Crippen LogP contribution is -2.65.